The molecule has 0 aliphatic heterocycles. The Kier molecular flexibility index (Phi) is 6.95. The molecule has 0 atom stereocenters. The van der Waals surface area contributed by atoms with Crippen molar-refractivity contribution in [2.24, 2.45) is 0 Å². The van der Waals surface area contributed by atoms with Crippen LogP contribution in [0.4, 0.5) is 4.79 Å². The van der Waals surface area contributed by atoms with Gasteiger partial charge in [0.25, 0.3) is 0 Å². The Hall–Kier alpha value is -2.40. The Morgan fingerprint density at radius 2 is 1.80 bits per heavy atom. The molecular weight excluding hydrogens is 340 g/mol. The molecule has 134 valence electrons. The molecule has 0 unspecified atom stereocenters. The van der Waals surface area contributed by atoms with E-state index >= 15 is 0 Å². The van der Waals surface area contributed by atoms with Gasteiger partial charge in [0.05, 0.1) is 7.11 Å². The first kappa shape index (κ1) is 18.9. The van der Waals surface area contributed by atoms with Crippen LogP contribution >= 0.6 is 11.6 Å². The van der Waals surface area contributed by atoms with Crippen molar-refractivity contribution >= 4 is 17.6 Å². The third-order valence-electron chi connectivity index (χ3n) is 3.71. The van der Waals surface area contributed by atoms with E-state index in [-0.39, 0.29) is 12.8 Å². The highest BCUT2D eigenvalue weighted by Crippen LogP contribution is 2.25. The summed E-state index contributed by atoms with van der Waals surface area (Å²) in [5.41, 5.74) is 2.99. The maximum absolute atomic E-state index is 11.8. The summed E-state index contributed by atoms with van der Waals surface area (Å²) < 4.78 is 10.7. The van der Waals surface area contributed by atoms with Gasteiger partial charge in [-0.15, -0.1) is 0 Å². The smallest absolute Gasteiger partial charge is 0.317 e. The zero-order chi connectivity index (χ0) is 18.2. The van der Waals surface area contributed by atoms with Gasteiger partial charge in [0.1, 0.15) is 11.5 Å². The highest BCUT2D eigenvalue weighted by atomic mass is 35.5. The van der Waals surface area contributed by atoms with Crippen LogP contribution in [0.15, 0.2) is 36.4 Å². The third-order valence-corrected chi connectivity index (χ3v) is 4.31. The van der Waals surface area contributed by atoms with Crippen LogP contribution < -0.4 is 20.1 Å². The lowest BCUT2D eigenvalue weighted by Gasteiger charge is -2.11. The first-order valence-corrected chi connectivity index (χ1v) is 8.41. The third kappa shape index (κ3) is 5.87. The summed E-state index contributed by atoms with van der Waals surface area (Å²) in [5.74, 6) is 1.49. The van der Waals surface area contributed by atoms with Gasteiger partial charge >= 0.3 is 6.03 Å². The largest absolute Gasteiger partial charge is 0.497 e. The van der Waals surface area contributed by atoms with E-state index in [1.54, 1.807) is 7.11 Å². The van der Waals surface area contributed by atoms with Crippen LogP contribution in [-0.4, -0.2) is 26.4 Å². The standard InChI is InChI=1S/C19H23ClN2O3/c1-13-9-17(10-14(2)18(13)20)25-12-22-19(23)21-8-7-15-5-4-6-16(11-15)24-3/h4-6,9-11H,7-8,12H2,1-3H3,(H2,21,22,23). The van der Waals surface area contributed by atoms with Gasteiger partial charge in [-0.1, -0.05) is 23.7 Å². The average molecular weight is 363 g/mol. The molecule has 0 fully saturated rings. The molecule has 0 saturated heterocycles. The van der Waals surface area contributed by atoms with Gasteiger partial charge in [0.2, 0.25) is 0 Å². The van der Waals surface area contributed by atoms with Gasteiger partial charge in [-0.05, 0) is 61.2 Å². The van der Waals surface area contributed by atoms with Gasteiger partial charge in [0.15, 0.2) is 6.73 Å². The van der Waals surface area contributed by atoms with Crippen molar-refractivity contribution in [3.63, 3.8) is 0 Å². The van der Waals surface area contributed by atoms with Crippen molar-refractivity contribution < 1.29 is 14.3 Å². The fourth-order valence-corrected chi connectivity index (χ4v) is 2.49. The predicted octanol–water partition coefficient (Wildman–Crippen LogP) is 3.84. The summed E-state index contributed by atoms with van der Waals surface area (Å²) in [6.07, 6.45) is 0.723. The zero-order valence-corrected chi connectivity index (χ0v) is 15.4. The first-order chi connectivity index (χ1) is 12.0. The fourth-order valence-electron chi connectivity index (χ4n) is 2.39. The van der Waals surface area contributed by atoms with Crippen LogP contribution in [0.1, 0.15) is 16.7 Å². The van der Waals surface area contributed by atoms with E-state index in [4.69, 9.17) is 21.1 Å². The van der Waals surface area contributed by atoms with Gasteiger partial charge in [-0.2, -0.15) is 0 Å². The van der Waals surface area contributed by atoms with Crippen LogP contribution in [0.3, 0.4) is 0 Å². The topological polar surface area (TPSA) is 59.6 Å². The van der Waals surface area contributed by atoms with Crippen molar-refractivity contribution in [3.8, 4) is 11.5 Å². The second-order valence-electron chi connectivity index (χ2n) is 5.69. The van der Waals surface area contributed by atoms with Crippen LogP contribution in [0.25, 0.3) is 0 Å². The monoisotopic (exact) mass is 362 g/mol. The van der Waals surface area contributed by atoms with E-state index < -0.39 is 0 Å². The highest BCUT2D eigenvalue weighted by Gasteiger charge is 2.05. The molecule has 0 bridgehead atoms. The second-order valence-corrected chi connectivity index (χ2v) is 6.07. The van der Waals surface area contributed by atoms with Gasteiger partial charge in [-0.3, -0.25) is 0 Å². The fraction of sp³-hybridized carbons (Fsp3) is 0.316. The normalized spacial score (nSPS) is 10.2. The number of carbonyl (C=O) groups is 1. The van der Waals surface area contributed by atoms with Crippen molar-refractivity contribution in [2.45, 2.75) is 20.3 Å². The lowest BCUT2D eigenvalue weighted by molar-refractivity contribution is 0.224. The van der Waals surface area contributed by atoms with E-state index in [0.717, 1.165) is 33.9 Å². The lowest BCUT2D eigenvalue weighted by Crippen LogP contribution is -2.38. The number of halogens is 1. The molecule has 2 N–H and O–H groups in total. The summed E-state index contributed by atoms with van der Waals surface area (Å²) in [4.78, 5) is 11.8. The Balaban J connectivity index is 1.70. The number of rotatable bonds is 7. The quantitative estimate of drug-likeness (QED) is 0.735. The minimum atomic E-state index is -0.273. The second kappa shape index (κ2) is 9.18. The molecule has 2 aromatic carbocycles. The number of benzene rings is 2. The molecular formula is C19H23ClN2O3. The summed E-state index contributed by atoms with van der Waals surface area (Å²) in [5, 5.41) is 6.19. The van der Waals surface area contributed by atoms with Crippen molar-refractivity contribution in [3.05, 3.63) is 58.1 Å². The summed E-state index contributed by atoms with van der Waals surface area (Å²) in [7, 11) is 1.63. The molecule has 0 aromatic heterocycles. The number of nitrogens with one attached hydrogen (secondary N) is 2. The maximum atomic E-state index is 11.8. The highest BCUT2D eigenvalue weighted by molar-refractivity contribution is 6.32. The molecule has 25 heavy (non-hydrogen) atoms. The summed E-state index contributed by atoms with van der Waals surface area (Å²) in [6.45, 7) is 4.45. The Morgan fingerprint density at radius 3 is 2.48 bits per heavy atom. The average Bonchev–Trinajstić information content (AvgIpc) is 2.60. The molecule has 0 heterocycles. The molecule has 6 heteroatoms. The van der Waals surface area contributed by atoms with Crippen molar-refractivity contribution in [2.75, 3.05) is 20.4 Å². The number of methoxy groups -OCH3 is 1. The van der Waals surface area contributed by atoms with Gasteiger partial charge in [0, 0.05) is 11.6 Å². The molecule has 0 radical (unpaired) electrons. The molecule has 5 nitrogen and oxygen atoms in total. The Bertz CT molecular complexity index is 711. The van der Waals surface area contributed by atoms with E-state index in [2.05, 4.69) is 10.6 Å². The van der Waals surface area contributed by atoms with Crippen LogP contribution in [0.2, 0.25) is 5.02 Å². The SMILES string of the molecule is COc1cccc(CCNC(=O)NCOc2cc(C)c(Cl)c(C)c2)c1. The molecule has 0 aliphatic rings. The van der Waals surface area contributed by atoms with Crippen molar-refractivity contribution in [1.82, 2.24) is 10.6 Å². The Labute approximate surface area is 153 Å². The van der Waals surface area contributed by atoms with E-state index in [1.807, 2.05) is 50.2 Å². The van der Waals surface area contributed by atoms with E-state index in [9.17, 15) is 4.79 Å². The van der Waals surface area contributed by atoms with Crippen LogP contribution in [0, 0.1) is 13.8 Å². The lowest BCUT2D eigenvalue weighted by atomic mass is 10.1. The van der Waals surface area contributed by atoms with Gasteiger partial charge < -0.3 is 20.1 Å². The van der Waals surface area contributed by atoms with E-state index in [0.29, 0.717) is 12.3 Å². The molecule has 0 saturated carbocycles. The van der Waals surface area contributed by atoms with Gasteiger partial charge in [-0.25, -0.2) is 4.79 Å². The first-order valence-electron chi connectivity index (χ1n) is 8.04. The van der Waals surface area contributed by atoms with E-state index in [1.165, 1.54) is 0 Å². The number of urea groups is 1. The number of hydrogen-bond donors (Lipinski definition) is 2. The zero-order valence-electron chi connectivity index (χ0n) is 14.7. The minimum absolute atomic E-state index is 0.0888. The molecule has 0 aliphatic carbocycles. The summed E-state index contributed by atoms with van der Waals surface area (Å²) >= 11 is 6.12. The van der Waals surface area contributed by atoms with Crippen LogP contribution in [0.5, 0.6) is 11.5 Å². The number of aryl methyl sites for hydroxylation is 2. The molecule has 0 spiro atoms. The van der Waals surface area contributed by atoms with Crippen LogP contribution in [-0.2, 0) is 6.42 Å². The molecule has 2 aromatic rings. The number of carbonyl (C=O) groups excluding carboxylic acids is 1. The number of amides is 2. The minimum Gasteiger partial charge on any atom is -0.497 e. The predicted molar refractivity (Wildman–Crippen MR) is 99.7 cm³/mol. The molecule has 2 rings (SSSR count). The molecule has 2 amide bonds. The Morgan fingerprint density at radius 1 is 1.08 bits per heavy atom. The maximum Gasteiger partial charge on any atom is 0.317 e. The van der Waals surface area contributed by atoms with Crippen molar-refractivity contribution in [1.29, 1.82) is 0 Å². The summed E-state index contributed by atoms with van der Waals surface area (Å²) in [6, 6.07) is 11.2. The number of ether oxygens (including phenoxy) is 2. The number of hydrogen-bond acceptors (Lipinski definition) is 3.